The molecule has 0 radical (unpaired) electrons. The van der Waals surface area contributed by atoms with E-state index in [1.54, 1.807) is 25.1 Å². The number of esters is 1. The second-order valence-electron chi connectivity index (χ2n) is 10.8. The van der Waals surface area contributed by atoms with Crippen molar-refractivity contribution in [2.24, 2.45) is 0 Å². The molecule has 2 N–H and O–H groups in total. The van der Waals surface area contributed by atoms with Crippen LogP contribution in [0.25, 0.3) is 10.9 Å². The molecular formula is C32H33ClIN3O5. The average Bonchev–Trinajstić information content (AvgIpc) is 3.30. The van der Waals surface area contributed by atoms with Crippen molar-refractivity contribution in [2.75, 3.05) is 6.61 Å². The van der Waals surface area contributed by atoms with Gasteiger partial charge in [-0.2, -0.15) is 0 Å². The lowest BCUT2D eigenvalue weighted by molar-refractivity contribution is -0.134. The summed E-state index contributed by atoms with van der Waals surface area (Å²) in [7, 11) is 0. The summed E-state index contributed by atoms with van der Waals surface area (Å²) < 4.78 is 12.4. The molecule has 0 saturated carbocycles. The lowest BCUT2D eigenvalue weighted by Gasteiger charge is -2.31. The van der Waals surface area contributed by atoms with Crippen molar-refractivity contribution < 1.29 is 23.9 Å². The number of nitrogens with zero attached hydrogens (tertiary/aromatic N) is 1. The summed E-state index contributed by atoms with van der Waals surface area (Å²) in [5.41, 5.74) is 2.24. The Balaban J connectivity index is 1.69. The number of fused-ring (bicyclic) bond motifs is 1. The van der Waals surface area contributed by atoms with E-state index in [2.05, 4.69) is 32.9 Å². The molecule has 4 rings (SSSR count). The number of carbonyl (C=O) groups is 3. The molecule has 0 aliphatic heterocycles. The van der Waals surface area contributed by atoms with E-state index in [0.29, 0.717) is 40.3 Å². The Bertz CT molecular complexity index is 1580. The largest absolute Gasteiger partial charge is 0.489 e. The number of carbonyl (C=O) groups excluding carboxylic acids is 3. The third-order valence-corrected chi connectivity index (χ3v) is 7.70. The molecular weight excluding hydrogens is 669 g/mol. The summed E-state index contributed by atoms with van der Waals surface area (Å²) in [6.45, 7) is 7.92. The van der Waals surface area contributed by atoms with Crippen LogP contribution in [0.4, 0.5) is 0 Å². The Morgan fingerprint density at radius 2 is 1.81 bits per heavy atom. The zero-order chi connectivity index (χ0) is 30.4. The highest BCUT2D eigenvalue weighted by Gasteiger charge is 2.36. The zero-order valence-electron chi connectivity index (χ0n) is 23.9. The van der Waals surface area contributed by atoms with Gasteiger partial charge in [0.1, 0.15) is 24.1 Å². The van der Waals surface area contributed by atoms with Crippen molar-refractivity contribution in [3.8, 4) is 5.75 Å². The van der Waals surface area contributed by atoms with Crippen LogP contribution in [0.15, 0.2) is 66.7 Å². The fraction of sp³-hybridized carbons (Fsp3) is 0.281. The third kappa shape index (κ3) is 7.63. The maximum absolute atomic E-state index is 13.9. The molecule has 3 aromatic carbocycles. The average molecular weight is 702 g/mol. The summed E-state index contributed by atoms with van der Waals surface area (Å²) in [5.74, 6) is -0.390. The number of halogens is 2. The van der Waals surface area contributed by atoms with E-state index in [1.165, 1.54) is 4.90 Å². The molecule has 10 heteroatoms. The maximum Gasteiger partial charge on any atom is 0.355 e. The van der Waals surface area contributed by atoms with E-state index < -0.39 is 23.5 Å². The van der Waals surface area contributed by atoms with Gasteiger partial charge in [-0.15, -0.1) is 0 Å². The molecule has 1 heterocycles. The molecule has 2 amide bonds. The molecule has 220 valence electrons. The van der Waals surface area contributed by atoms with Crippen molar-refractivity contribution in [3.05, 3.63) is 97.7 Å². The number of nitrogens with one attached hydrogen (secondary N) is 2. The molecule has 0 fully saturated rings. The lowest BCUT2D eigenvalue weighted by atomic mass is 9.98. The van der Waals surface area contributed by atoms with Crippen LogP contribution in [0.5, 0.6) is 5.75 Å². The first-order valence-electron chi connectivity index (χ1n) is 13.5. The molecule has 4 aromatic rings. The monoisotopic (exact) mass is 701 g/mol. The van der Waals surface area contributed by atoms with Gasteiger partial charge < -0.3 is 24.7 Å². The fourth-order valence-electron chi connectivity index (χ4n) is 4.59. The third-order valence-electron chi connectivity index (χ3n) is 6.41. The Morgan fingerprint density at radius 3 is 2.45 bits per heavy atom. The number of hydrogen-bond acceptors (Lipinski definition) is 5. The molecule has 1 aromatic heterocycles. The standard InChI is InChI=1S/C32H33ClIN3O5/c1-5-41-31(40)28-27(24-15-12-22(33)16-26(24)35-28)29(30(39)36-32(2,3)4)37(19-38)17-20-10-13-23(14-11-20)42-18-21-8-6-7-9-25(21)34/h6-16,19,29,35H,5,17-18H2,1-4H3,(H,36,39). The summed E-state index contributed by atoms with van der Waals surface area (Å²) in [6.07, 6.45) is 0.623. The van der Waals surface area contributed by atoms with E-state index in [9.17, 15) is 14.4 Å². The van der Waals surface area contributed by atoms with Gasteiger partial charge in [0.05, 0.1) is 6.61 Å². The van der Waals surface area contributed by atoms with Gasteiger partial charge >= 0.3 is 5.97 Å². The van der Waals surface area contributed by atoms with Gasteiger partial charge in [0.15, 0.2) is 0 Å². The Hall–Kier alpha value is -3.57. The predicted octanol–water partition coefficient (Wildman–Crippen LogP) is 6.80. The Morgan fingerprint density at radius 1 is 1.10 bits per heavy atom. The first-order chi connectivity index (χ1) is 20.0. The van der Waals surface area contributed by atoms with E-state index in [-0.39, 0.29) is 18.8 Å². The number of ether oxygens (including phenoxy) is 2. The van der Waals surface area contributed by atoms with Gasteiger partial charge in [0, 0.05) is 42.7 Å². The Labute approximate surface area is 263 Å². The molecule has 8 nitrogen and oxygen atoms in total. The molecule has 1 atom stereocenters. The number of aromatic amines is 1. The first-order valence-corrected chi connectivity index (χ1v) is 14.9. The molecule has 0 aliphatic carbocycles. The lowest BCUT2D eigenvalue weighted by Crippen LogP contribution is -2.47. The van der Waals surface area contributed by atoms with E-state index in [4.69, 9.17) is 21.1 Å². The SMILES string of the molecule is CCOC(=O)c1[nH]c2cc(Cl)ccc2c1C(C(=O)NC(C)(C)C)N(C=O)Cc1ccc(OCc2ccccc2I)cc1. The Kier molecular flexibility index (Phi) is 10.2. The molecule has 0 bridgehead atoms. The molecule has 1 unspecified atom stereocenters. The summed E-state index contributed by atoms with van der Waals surface area (Å²) >= 11 is 8.51. The van der Waals surface area contributed by atoms with Gasteiger partial charge in [-0.1, -0.05) is 48.0 Å². The van der Waals surface area contributed by atoms with Crippen LogP contribution in [-0.2, 0) is 27.5 Å². The number of H-pyrrole nitrogens is 1. The summed E-state index contributed by atoms with van der Waals surface area (Å²) in [6, 6.07) is 19.3. The van der Waals surface area contributed by atoms with Crippen molar-refractivity contribution in [1.29, 1.82) is 0 Å². The predicted molar refractivity (Wildman–Crippen MR) is 171 cm³/mol. The quantitative estimate of drug-likeness (QED) is 0.102. The van der Waals surface area contributed by atoms with Gasteiger partial charge in [-0.3, -0.25) is 9.59 Å². The number of amides is 2. The molecule has 42 heavy (non-hydrogen) atoms. The number of benzene rings is 3. The van der Waals surface area contributed by atoms with Crippen molar-refractivity contribution in [2.45, 2.75) is 52.4 Å². The van der Waals surface area contributed by atoms with Crippen LogP contribution >= 0.6 is 34.2 Å². The maximum atomic E-state index is 13.9. The van der Waals surface area contributed by atoms with Crippen molar-refractivity contribution in [3.63, 3.8) is 0 Å². The minimum Gasteiger partial charge on any atom is -0.489 e. The second-order valence-corrected chi connectivity index (χ2v) is 12.4. The van der Waals surface area contributed by atoms with E-state index >= 15 is 0 Å². The van der Waals surface area contributed by atoms with Gasteiger partial charge in [0.25, 0.3) is 0 Å². The topological polar surface area (TPSA) is 101 Å². The van der Waals surface area contributed by atoms with Crippen LogP contribution in [0.3, 0.4) is 0 Å². The van der Waals surface area contributed by atoms with Crippen LogP contribution in [-0.4, -0.2) is 40.3 Å². The normalized spacial score (nSPS) is 12.0. The van der Waals surface area contributed by atoms with Gasteiger partial charge in [0.2, 0.25) is 12.3 Å². The first kappa shape index (κ1) is 31.4. The van der Waals surface area contributed by atoms with Crippen molar-refractivity contribution >= 4 is 63.4 Å². The number of hydrogen-bond donors (Lipinski definition) is 2. The second kappa shape index (κ2) is 13.6. The smallest absolute Gasteiger partial charge is 0.355 e. The van der Waals surface area contributed by atoms with Crippen LogP contribution in [0.1, 0.15) is 60.9 Å². The number of aromatic nitrogens is 1. The van der Waals surface area contributed by atoms with Gasteiger partial charge in [-0.05, 0) is 86.2 Å². The highest BCUT2D eigenvalue weighted by atomic mass is 127. The highest BCUT2D eigenvalue weighted by Crippen LogP contribution is 2.35. The minimum absolute atomic E-state index is 0.0920. The molecule has 0 spiro atoms. The highest BCUT2D eigenvalue weighted by molar-refractivity contribution is 14.1. The van der Waals surface area contributed by atoms with Gasteiger partial charge in [-0.25, -0.2) is 4.79 Å². The van der Waals surface area contributed by atoms with Crippen LogP contribution in [0, 0.1) is 3.57 Å². The molecule has 0 saturated heterocycles. The molecule has 0 aliphatic rings. The fourth-order valence-corrected chi connectivity index (χ4v) is 5.31. The summed E-state index contributed by atoms with van der Waals surface area (Å²) in [4.78, 5) is 44.0. The van der Waals surface area contributed by atoms with E-state index in [0.717, 1.165) is 14.7 Å². The zero-order valence-corrected chi connectivity index (χ0v) is 26.8. The van der Waals surface area contributed by atoms with Crippen LogP contribution < -0.4 is 10.1 Å². The minimum atomic E-state index is -1.15. The summed E-state index contributed by atoms with van der Waals surface area (Å²) in [5, 5.41) is 4.02. The van der Waals surface area contributed by atoms with E-state index in [1.807, 2.05) is 69.3 Å². The number of rotatable bonds is 11. The van der Waals surface area contributed by atoms with Crippen molar-refractivity contribution in [1.82, 2.24) is 15.2 Å². The van der Waals surface area contributed by atoms with Crippen LogP contribution in [0.2, 0.25) is 5.02 Å².